The molecule has 1 amide bonds. The van der Waals surface area contributed by atoms with Gasteiger partial charge in [-0.05, 0) is 26.8 Å². The van der Waals surface area contributed by atoms with Crippen LogP contribution in [0.15, 0.2) is 24.3 Å². The average Bonchev–Trinajstić information content (AvgIpc) is 2.53. The van der Waals surface area contributed by atoms with E-state index in [4.69, 9.17) is 9.47 Å². The van der Waals surface area contributed by atoms with Crippen LogP contribution in [0.25, 0.3) is 0 Å². The van der Waals surface area contributed by atoms with Gasteiger partial charge in [0.25, 0.3) is 0 Å². The standard InChI is InChI=1S/C18H26N2O4/c1-18(2,3)24-17(22)20-10-8-19(9-11-20)16-13-6-4-5-7-15(13)23-12-14(16)21/h4-7,14,16,21H,8-12H2,1-3H3/t14-,16-/m1/s1. The van der Waals surface area contributed by atoms with Gasteiger partial charge >= 0.3 is 6.09 Å². The molecule has 2 atom stereocenters. The number of carbonyl (C=O) groups is 1. The molecular formula is C18H26N2O4. The van der Waals surface area contributed by atoms with Gasteiger partial charge in [0.15, 0.2) is 0 Å². The Morgan fingerprint density at radius 2 is 1.88 bits per heavy atom. The van der Waals surface area contributed by atoms with E-state index in [0.29, 0.717) is 32.8 Å². The van der Waals surface area contributed by atoms with Crippen LogP contribution in [0.4, 0.5) is 4.79 Å². The molecule has 0 radical (unpaired) electrons. The number of amides is 1. The average molecular weight is 334 g/mol. The molecule has 0 saturated carbocycles. The summed E-state index contributed by atoms with van der Waals surface area (Å²) in [5.74, 6) is 0.836. The third kappa shape index (κ3) is 3.65. The van der Waals surface area contributed by atoms with E-state index < -0.39 is 11.7 Å². The second kappa shape index (κ2) is 6.61. The van der Waals surface area contributed by atoms with Gasteiger partial charge in [0.1, 0.15) is 24.1 Å². The molecule has 24 heavy (non-hydrogen) atoms. The van der Waals surface area contributed by atoms with Crippen LogP contribution < -0.4 is 4.74 Å². The third-order valence-electron chi connectivity index (χ3n) is 4.37. The van der Waals surface area contributed by atoms with E-state index in [1.54, 1.807) is 4.90 Å². The second-order valence-corrected chi connectivity index (χ2v) is 7.36. The first kappa shape index (κ1) is 17.0. The van der Waals surface area contributed by atoms with Crippen molar-refractivity contribution >= 4 is 6.09 Å². The molecule has 0 unspecified atom stereocenters. The van der Waals surface area contributed by atoms with Crippen LogP contribution >= 0.6 is 0 Å². The molecule has 6 nitrogen and oxygen atoms in total. The molecule has 1 aromatic rings. The van der Waals surface area contributed by atoms with Crippen molar-refractivity contribution in [2.75, 3.05) is 32.8 Å². The van der Waals surface area contributed by atoms with Gasteiger partial charge in [-0.2, -0.15) is 0 Å². The molecule has 0 spiro atoms. The number of benzene rings is 1. The Morgan fingerprint density at radius 3 is 2.54 bits per heavy atom. The fraction of sp³-hybridized carbons (Fsp3) is 0.611. The minimum absolute atomic E-state index is 0.0873. The number of rotatable bonds is 1. The SMILES string of the molecule is CC(C)(C)OC(=O)N1CCN([C@@H]2c3ccccc3OC[C@H]2O)CC1. The molecule has 0 aliphatic carbocycles. The minimum atomic E-state index is -0.562. The van der Waals surface area contributed by atoms with Gasteiger partial charge in [-0.1, -0.05) is 18.2 Å². The van der Waals surface area contributed by atoms with Gasteiger partial charge in [-0.15, -0.1) is 0 Å². The molecule has 1 saturated heterocycles. The summed E-state index contributed by atoms with van der Waals surface area (Å²) in [7, 11) is 0. The van der Waals surface area contributed by atoms with E-state index in [9.17, 15) is 9.90 Å². The summed E-state index contributed by atoms with van der Waals surface area (Å²) >= 11 is 0. The third-order valence-corrected chi connectivity index (χ3v) is 4.37. The molecule has 1 fully saturated rings. The lowest BCUT2D eigenvalue weighted by molar-refractivity contribution is -0.0254. The number of aliphatic hydroxyl groups is 1. The lowest BCUT2D eigenvalue weighted by Gasteiger charge is -2.43. The Morgan fingerprint density at radius 1 is 1.21 bits per heavy atom. The smallest absolute Gasteiger partial charge is 0.410 e. The Kier molecular flexibility index (Phi) is 4.69. The number of aliphatic hydroxyl groups excluding tert-OH is 1. The van der Waals surface area contributed by atoms with Crippen LogP contribution in [0.2, 0.25) is 0 Å². The lowest BCUT2D eigenvalue weighted by atomic mass is 9.96. The summed E-state index contributed by atoms with van der Waals surface area (Å²) in [6.07, 6.45) is -0.831. The molecule has 1 N–H and O–H groups in total. The Balaban J connectivity index is 1.66. The van der Waals surface area contributed by atoms with E-state index in [1.807, 2.05) is 45.0 Å². The first-order valence-electron chi connectivity index (χ1n) is 8.47. The van der Waals surface area contributed by atoms with Gasteiger partial charge in [-0.3, -0.25) is 4.90 Å². The number of hydrogen-bond donors (Lipinski definition) is 1. The maximum atomic E-state index is 12.2. The molecule has 0 aromatic heterocycles. The molecule has 1 aromatic carbocycles. The largest absolute Gasteiger partial charge is 0.490 e. The molecule has 0 bridgehead atoms. The van der Waals surface area contributed by atoms with E-state index in [1.165, 1.54) is 0 Å². The maximum Gasteiger partial charge on any atom is 0.410 e. The highest BCUT2D eigenvalue weighted by Crippen LogP contribution is 2.36. The van der Waals surface area contributed by atoms with Crippen molar-refractivity contribution in [2.45, 2.75) is 38.5 Å². The number of ether oxygens (including phenoxy) is 2. The van der Waals surface area contributed by atoms with Gasteiger partial charge in [0.2, 0.25) is 0 Å². The lowest BCUT2D eigenvalue weighted by Crippen LogP contribution is -2.53. The highest BCUT2D eigenvalue weighted by atomic mass is 16.6. The Hall–Kier alpha value is -1.79. The summed E-state index contributed by atoms with van der Waals surface area (Å²) in [5.41, 5.74) is 0.534. The van der Waals surface area contributed by atoms with E-state index >= 15 is 0 Å². The highest BCUT2D eigenvalue weighted by molar-refractivity contribution is 5.68. The van der Waals surface area contributed by atoms with E-state index in [2.05, 4.69) is 4.90 Å². The van der Waals surface area contributed by atoms with Crippen LogP contribution in [0, 0.1) is 0 Å². The fourth-order valence-corrected chi connectivity index (χ4v) is 3.28. The van der Waals surface area contributed by atoms with Crippen LogP contribution in [0.5, 0.6) is 5.75 Å². The molecule has 132 valence electrons. The van der Waals surface area contributed by atoms with Crippen molar-refractivity contribution in [3.8, 4) is 5.75 Å². The van der Waals surface area contributed by atoms with E-state index in [-0.39, 0.29) is 12.1 Å². The number of fused-ring (bicyclic) bond motifs is 1. The van der Waals surface area contributed by atoms with Gasteiger partial charge in [-0.25, -0.2) is 4.79 Å². The molecule has 2 aliphatic rings. The minimum Gasteiger partial charge on any atom is -0.490 e. The number of piperazine rings is 1. The summed E-state index contributed by atoms with van der Waals surface area (Å²) in [5, 5.41) is 10.4. The summed E-state index contributed by atoms with van der Waals surface area (Å²) < 4.78 is 11.0. The van der Waals surface area contributed by atoms with Crippen LogP contribution in [-0.4, -0.2) is 65.5 Å². The Labute approximate surface area is 143 Å². The maximum absolute atomic E-state index is 12.2. The zero-order valence-electron chi connectivity index (χ0n) is 14.6. The number of para-hydroxylation sites is 1. The summed E-state index contributed by atoms with van der Waals surface area (Å²) in [6.45, 7) is 8.52. The zero-order chi connectivity index (χ0) is 17.3. The fourth-order valence-electron chi connectivity index (χ4n) is 3.28. The van der Waals surface area contributed by atoms with Crippen molar-refractivity contribution in [1.29, 1.82) is 0 Å². The number of carbonyl (C=O) groups excluding carboxylic acids is 1. The van der Waals surface area contributed by atoms with Crippen molar-refractivity contribution in [3.05, 3.63) is 29.8 Å². The van der Waals surface area contributed by atoms with Crippen molar-refractivity contribution < 1.29 is 19.4 Å². The molecule has 6 heteroatoms. The number of hydrogen-bond acceptors (Lipinski definition) is 5. The normalized spacial score (nSPS) is 24.9. The number of nitrogens with zero attached hydrogens (tertiary/aromatic N) is 2. The van der Waals surface area contributed by atoms with Gasteiger partial charge in [0, 0.05) is 31.7 Å². The quantitative estimate of drug-likeness (QED) is 0.851. The van der Waals surface area contributed by atoms with Crippen molar-refractivity contribution in [3.63, 3.8) is 0 Å². The predicted octanol–water partition coefficient (Wildman–Crippen LogP) is 2.03. The van der Waals surface area contributed by atoms with Crippen molar-refractivity contribution in [1.82, 2.24) is 9.80 Å². The summed E-state index contributed by atoms with van der Waals surface area (Å²) in [4.78, 5) is 16.1. The van der Waals surface area contributed by atoms with E-state index in [0.717, 1.165) is 11.3 Å². The molecule has 2 heterocycles. The van der Waals surface area contributed by atoms with Crippen LogP contribution in [-0.2, 0) is 4.74 Å². The molecule has 2 aliphatic heterocycles. The monoisotopic (exact) mass is 334 g/mol. The predicted molar refractivity (Wildman–Crippen MR) is 90.1 cm³/mol. The molecular weight excluding hydrogens is 308 g/mol. The van der Waals surface area contributed by atoms with Crippen molar-refractivity contribution in [2.24, 2.45) is 0 Å². The highest BCUT2D eigenvalue weighted by Gasteiger charge is 2.36. The second-order valence-electron chi connectivity index (χ2n) is 7.36. The molecule has 3 rings (SSSR count). The summed E-state index contributed by atoms with van der Waals surface area (Å²) in [6, 6.07) is 7.75. The Bertz CT molecular complexity index is 591. The van der Waals surface area contributed by atoms with Gasteiger partial charge in [0.05, 0.1) is 6.04 Å². The van der Waals surface area contributed by atoms with Gasteiger partial charge < -0.3 is 19.5 Å². The zero-order valence-corrected chi connectivity index (χ0v) is 14.6. The van der Waals surface area contributed by atoms with Crippen LogP contribution in [0.1, 0.15) is 32.4 Å². The topological polar surface area (TPSA) is 62.2 Å². The first-order chi connectivity index (χ1) is 11.3. The first-order valence-corrected chi connectivity index (χ1v) is 8.47. The van der Waals surface area contributed by atoms with Crippen LogP contribution in [0.3, 0.4) is 0 Å².